The quantitative estimate of drug-likeness (QED) is 0.637. The highest BCUT2D eigenvalue weighted by Crippen LogP contribution is 2.41. The van der Waals surface area contributed by atoms with Gasteiger partial charge in [-0.3, -0.25) is 9.69 Å². The van der Waals surface area contributed by atoms with Gasteiger partial charge in [-0.1, -0.05) is 54.4 Å². The molecule has 5 heteroatoms. The molecule has 1 saturated heterocycles. The predicted octanol–water partition coefficient (Wildman–Crippen LogP) is 5.58. The summed E-state index contributed by atoms with van der Waals surface area (Å²) in [6.07, 6.45) is 2.64. The molecule has 3 nitrogen and oxygen atoms in total. The molecule has 0 saturated carbocycles. The van der Waals surface area contributed by atoms with E-state index in [9.17, 15) is 9.90 Å². The van der Waals surface area contributed by atoms with Crippen LogP contribution >= 0.6 is 22.9 Å². The first-order valence-corrected chi connectivity index (χ1v) is 10.1. The Morgan fingerprint density at radius 3 is 2.69 bits per heavy atom. The van der Waals surface area contributed by atoms with Crippen molar-refractivity contribution in [2.45, 2.75) is 31.3 Å². The monoisotopic (exact) mass is 385 g/mol. The van der Waals surface area contributed by atoms with E-state index in [4.69, 9.17) is 11.6 Å². The summed E-state index contributed by atoms with van der Waals surface area (Å²) in [5, 5.41) is 11.7. The van der Waals surface area contributed by atoms with Gasteiger partial charge in [0.2, 0.25) is 0 Å². The summed E-state index contributed by atoms with van der Waals surface area (Å²) in [4.78, 5) is 15.2. The highest BCUT2D eigenvalue weighted by Gasteiger charge is 2.36. The molecule has 2 heterocycles. The SMILES string of the molecule is O=C(O)C1CCCCN1C(c1cc2ccccc2s1)c1ccccc1Cl. The van der Waals surface area contributed by atoms with Gasteiger partial charge < -0.3 is 5.11 Å². The second-order valence-corrected chi connectivity index (χ2v) is 8.22. The standard InChI is InChI=1S/C21H20ClNO2S/c22-16-9-3-2-8-15(16)20(23-12-6-5-10-17(23)21(24)25)19-13-14-7-1-4-11-18(14)26-19/h1-4,7-9,11,13,17,20H,5-6,10,12H2,(H,24,25). The molecular weight excluding hydrogens is 366 g/mol. The third kappa shape index (κ3) is 3.25. The fraction of sp³-hybridized carbons (Fsp3) is 0.286. The van der Waals surface area contributed by atoms with Crippen molar-refractivity contribution >= 4 is 39.0 Å². The number of thiophene rings is 1. The molecule has 26 heavy (non-hydrogen) atoms. The van der Waals surface area contributed by atoms with Gasteiger partial charge in [0.15, 0.2) is 0 Å². The zero-order chi connectivity index (χ0) is 18.1. The number of hydrogen-bond acceptors (Lipinski definition) is 3. The fourth-order valence-electron chi connectivity index (χ4n) is 3.86. The highest BCUT2D eigenvalue weighted by atomic mass is 35.5. The molecule has 2 unspecified atom stereocenters. The Bertz CT molecular complexity index is 905. The number of carbonyl (C=O) groups is 1. The van der Waals surface area contributed by atoms with E-state index in [1.54, 1.807) is 11.3 Å². The fourth-order valence-corrected chi connectivity index (χ4v) is 5.30. The van der Waals surface area contributed by atoms with Gasteiger partial charge >= 0.3 is 5.97 Å². The second kappa shape index (κ2) is 7.39. The zero-order valence-electron chi connectivity index (χ0n) is 14.3. The zero-order valence-corrected chi connectivity index (χ0v) is 15.8. The van der Waals surface area contributed by atoms with Gasteiger partial charge in [0.25, 0.3) is 0 Å². The summed E-state index contributed by atoms with van der Waals surface area (Å²) in [6, 6.07) is 17.6. The van der Waals surface area contributed by atoms with Crippen molar-refractivity contribution in [2.75, 3.05) is 6.54 Å². The minimum absolute atomic E-state index is 0.137. The third-order valence-corrected chi connectivity index (χ3v) is 6.59. The number of nitrogens with zero attached hydrogens (tertiary/aromatic N) is 1. The first-order chi connectivity index (χ1) is 12.6. The molecule has 0 aliphatic carbocycles. The maximum absolute atomic E-state index is 11.9. The molecular formula is C21H20ClNO2S. The van der Waals surface area contributed by atoms with Gasteiger partial charge in [0, 0.05) is 14.6 Å². The summed E-state index contributed by atoms with van der Waals surface area (Å²) in [6.45, 7) is 0.765. The summed E-state index contributed by atoms with van der Waals surface area (Å²) in [5.41, 5.74) is 0.980. The lowest BCUT2D eigenvalue weighted by Gasteiger charge is -2.39. The topological polar surface area (TPSA) is 40.5 Å². The predicted molar refractivity (Wildman–Crippen MR) is 107 cm³/mol. The van der Waals surface area contributed by atoms with Gasteiger partial charge in [0.05, 0.1) is 6.04 Å². The van der Waals surface area contributed by atoms with Crippen molar-refractivity contribution in [3.63, 3.8) is 0 Å². The average molecular weight is 386 g/mol. The maximum atomic E-state index is 11.9. The number of carboxylic acid groups (broad SMARTS) is 1. The summed E-state index contributed by atoms with van der Waals surface area (Å²) in [5.74, 6) is -0.747. The highest BCUT2D eigenvalue weighted by molar-refractivity contribution is 7.19. The molecule has 134 valence electrons. The Labute approximate surface area is 161 Å². The molecule has 0 radical (unpaired) electrons. The van der Waals surface area contributed by atoms with Crippen LogP contribution in [0.25, 0.3) is 10.1 Å². The number of benzene rings is 2. The van der Waals surface area contributed by atoms with Crippen LogP contribution in [0.1, 0.15) is 35.7 Å². The Morgan fingerprint density at radius 1 is 1.15 bits per heavy atom. The van der Waals surface area contributed by atoms with E-state index in [0.717, 1.165) is 29.8 Å². The van der Waals surface area contributed by atoms with E-state index in [-0.39, 0.29) is 6.04 Å². The van der Waals surface area contributed by atoms with Crippen LogP contribution < -0.4 is 0 Å². The molecule has 2 atom stereocenters. The van der Waals surface area contributed by atoms with E-state index in [1.807, 2.05) is 36.4 Å². The van der Waals surface area contributed by atoms with Crippen LogP contribution in [0.4, 0.5) is 0 Å². The normalized spacial score (nSPS) is 19.5. The molecule has 3 aromatic rings. The Kier molecular flexibility index (Phi) is 4.98. The molecule has 2 aromatic carbocycles. The molecule has 0 bridgehead atoms. The van der Waals surface area contributed by atoms with Crippen LogP contribution in [0.3, 0.4) is 0 Å². The number of hydrogen-bond donors (Lipinski definition) is 1. The number of halogens is 1. The van der Waals surface area contributed by atoms with Crippen molar-refractivity contribution in [1.29, 1.82) is 0 Å². The van der Waals surface area contributed by atoms with Gasteiger partial charge in [-0.15, -0.1) is 11.3 Å². The number of rotatable bonds is 4. The summed E-state index contributed by atoms with van der Waals surface area (Å²) < 4.78 is 1.21. The van der Waals surface area contributed by atoms with Crippen LogP contribution in [-0.2, 0) is 4.79 Å². The smallest absolute Gasteiger partial charge is 0.320 e. The van der Waals surface area contributed by atoms with Gasteiger partial charge in [-0.25, -0.2) is 0 Å². The van der Waals surface area contributed by atoms with Crippen LogP contribution in [0.5, 0.6) is 0 Å². The number of fused-ring (bicyclic) bond motifs is 1. The lowest BCUT2D eigenvalue weighted by Crippen LogP contribution is -2.46. The summed E-state index contributed by atoms with van der Waals surface area (Å²) >= 11 is 8.27. The first-order valence-electron chi connectivity index (χ1n) is 8.86. The molecule has 1 aliphatic rings. The van der Waals surface area contributed by atoms with Crippen molar-refractivity contribution < 1.29 is 9.90 Å². The van der Waals surface area contributed by atoms with Gasteiger partial charge in [-0.2, -0.15) is 0 Å². The second-order valence-electron chi connectivity index (χ2n) is 6.70. The number of carboxylic acids is 1. The van der Waals surface area contributed by atoms with Crippen LogP contribution in [0, 0.1) is 0 Å². The lowest BCUT2D eigenvalue weighted by molar-refractivity contribution is -0.145. The van der Waals surface area contributed by atoms with E-state index in [0.29, 0.717) is 11.4 Å². The van der Waals surface area contributed by atoms with Gasteiger partial charge in [-0.05, 0) is 48.5 Å². The molecule has 1 aliphatic heterocycles. The number of likely N-dealkylation sites (tertiary alicyclic amines) is 1. The average Bonchev–Trinajstić information content (AvgIpc) is 3.07. The van der Waals surface area contributed by atoms with Crippen molar-refractivity contribution in [2.24, 2.45) is 0 Å². The molecule has 0 spiro atoms. The van der Waals surface area contributed by atoms with E-state index in [1.165, 1.54) is 10.1 Å². The number of piperidine rings is 1. The Hall–Kier alpha value is -1.88. The maximum Gasteiger partial charge on any atom is 0.320 e. The van der Waals surface area contributed by atoms with Gasteiger partial charge in [0.1, 0.15) is 6.04 Å². The molecule has 4 rings (SSSR count). The van der Waals surface area contributed by atoms with E-state index < -0.39 is 12.0 Å². The minimum Gasteiger partial charge on any atom is -0.480 e. The molecule has 0 amide bonds. The van der Waals surface area contributed by atoms with Crippen molar-refractivity contribution in [3.05, 3.63) is 70.1 Å². The van der Waals surface area contributed by atoms with Crippen molar-refractivity contribution in [1.82, 2.24) is 4.90 Å². The van der Waals surface area contributed by atoms with Crippen LogP contribution in [0.15, 0.2) is 54.6 Å². The minimum atomic E-state index is -0.747. The van der Waals surface area contributed by atoms with Crippen LogP contribution in [-0.4, -0.2) is 28.6 Å². The number of aliphatic carboxylic acids is 1. The molecule has 1 N–H and O–H groups in total. The van der Waals surface area contributed by atoms with E-state index >= 15 is 0 Å². The third-order valence-electron chi connectivity index (χ3n) is 5.07. The van der Waals surface area contributed by atoms with Crippen LogP contribution in [0.2, 0.25) is 5.02 Å². The van der Waals surface area contributed by atoms with Crippen molar-refractivity contribution in [3.8, 4) is 0 Å². The Balaban J connectivity index is 1.86. The Morgan fingerprint density at radius 2 is 1.92 bits per heavy atom. The largest absolute Gasteiger partial charge is 0.480 e. The lowest BCUT2D eigenvalue weighted by atomic mass is 9.95. The summed E-state index contributed by atoms with van der Waals surface area (Å²) in [7, 11) is 0. The molecule has 1 fully saturated rings. The first kappa shape index (κ1) is 17.5. The van der Waals surface area contributed by atoms with E-state index in [2.05, 4.69) is 23.1 Å². The molecule has 1 aromatic heterocycles.